The van der Waals surface area contributed by atoms with E-state index in [-0.39, 0.29) is 0 Å². The molecule has 0 unspecified atom stereocenters. The fraction of sp³-hybridized carbons (Fsp3) is 0.786. The average molecular weight is 295 g/mol. The second kappa shape index (κ2) is 8.61. The predicted molar refractivity (Wildman–Crippen MR) is 81.9 cm³/mol. The van der Waals surface area contributed by atoms with Crippen LogP contribution in [0.25, 0.3) is 0 Å². The summed E-state index contributed by atoms with van der Waals surface area (Å²) >= 11 is 0. The molecule has 2 rings (SSSR count). The van der Waals surface area contributed by atoms with Gasteiger partial charge in [0, 0.05) is 13.1 Å². The number of ether oxygens (including phenoxy) is 2. The van der Waals surface area contributed by atoms with Gasteiger partial charge in [0.15, 0.2) is 0 Å². The highest BCUT2D eigenvalue weighted by molar-refractivity contribution is 5.35. The second-order valence-electron chi connectivity index (χ2n) is 4.93. The van der Waals surface area contributed by atoms with E-state index < -0.39 is 0 Å². The summed E-state index contributed by atoms with van der Waals surface area (Å²) in [5.74, 6) is 1.04. The molecule has 2 N–H and O–H groups in total. The predicted octanol–water partition coefficient (Wildman–Crippen LogP) is 2.07. The summed E-state index contributed by atoms with van der Waals surface area (Å²) in [5.41, 5.74) is 0. The zero-order valence-electron chi connectivity index (χ0n) is 12.9. The van der Waals surface area contributed by atoms with Crippen LogP contribution in [0.3, 0.4) is 0 Å². The lowest BCUT2D eigenvalue weighted by Crippen LogP contribution is -2.17. The molecular weight excluding hydrogens is 270 g/mol. The van der Waals surface area contributed by atoms with E-state index >= 15 is 0 Å². The van der Waals surface area contributed by atoms with Crippen LogP contribution in [0.1, 0.15) is 39.5 Å². The van der Waals surface area contributed by atoms with Crippen molar-refractivity contribution in [3.05, 3.63) is 0 Å². The first kappa shape index (κ1) is 15.8. The van der Waals surface area contributed by atoms with E-state index in [1.165, 1.54) is 25.7 Å². The van der Waals surface area contributed by atoms with Gasteiger partial charge in [-0.2, -0.15) is 15.0 Å². The Labute approximate surface area is 125 Å². The highest BCUT2D eigenvalue weighted by Gasteiger charge is 2.14. The van der Waals surface area contributed by atoms with Gasteiger partial charge in [0.05, 0.1) is 19.3 Å². The second-order valence-corrected chi connectivity index (χ2v) is 4.93. The normalized spacial score (nSPS) is 15.1. The third kappa shape index (κ3) is 5.34. The van der Waals surface area contributed by atoms with Crippen LogP contribution in [0, 0.1) is 0 Å². The summed E-state index contributed by atoms with van der Waals surface area (Å²) in [6, 6.07) is 0.336. The molecule has 7 heteroatoms. The molecule has 0 amide bonds. The summed E-state index contributed by atoms with van der Waals surface area (Å²) in [6.45, 7) is 6.51. The Hall–Kier alpha value is -1.63. The molecule has 0 aromatic carbocycles. The van der Waals surface area contributed by atoms with E-state index in [1.807, 2.05) is 13.8 Å². The first-order valence-corrected chi connectivity index (χ1v) is 7.80. The van der Waals surface area contributed by atoms with Crippen LogP contribution >= 0.6 is 0 Å². The Balaban J connectivity index is 1.82. The van der Waals surface area contributed by atoms with E-state index in [4.69, 9.17) is 9.47 Å². The lowest BCUT2D eigenvalue weighted by atomic mass is 10.3. The SMILES string of the molecule is CCNc1nc(NCCOC2CCCC2)nc(OCC)n1. The van der Waals surface area contributed by atoms with Gasteiger partial charge in [0.25, 0.3) is 0 Å². The van der Waals surface area contributed by atoms with E-state index in [2.05, 4.69) is 25.6 Å². The molecule has 7 nitrogen and oxygen atoms in total. The van der Waals surface area contributed by atoms with Gasteiger partial charge in [-0.1, -0.05) is 12.8 Å². The number of anilines is 2. The number of hydrogen-bond acceptors (Lipinski definition) is 7. The van der Waals surface area contributed by atoms with Gasteiger partial charge in [-0.05, 0) is 26.7 Å². The van der Waals surface area contributed by atoms with Gasteiger partial charge < -0.3 is 20.1 Å². The van der Waals surface area contributed by atoms with Crippen LogP contribution in [0.5, 0.6) is 6.01 Å². The molecule has 1 aromatic heterocycles. The minimum absolute atomic E-state index is 0.336. The summed E-state index contributed by atoms with van der Waals surface area (Å²) < 4.78 is 11.1. The van der Waals surface area contributed by atoms with Crippen molar-refractivity contribution in [2.45, 2.75) is 45.6 Å². The lowest BCUT2D eigenvalue weighted by Gasteiger charge is -2.12. The first-order valence-electron chi connectivity index (χ1n) is 7.80. The lowest BCUT2D eigenvalue weighted by molar-refractivity contribution is 0.0658. The average Bonchev–Trinajstić information content (AvgIpc) is 2.97. The summed E-state index contributed by atoms with van der Waals surface area (Å²) in [4.78, 5) is 12.7. The molecule has 1 aliphatic rings. The molecule has 0 atom stereocenters. The minimum Gasteiger partial charge on any atom is -0.464 e. The third-order valence-electron chi connectivity index (χ3n) is 3.26. The molecule has 0 spiro atoms. The van der Waals surface area contributed by atoms with Crippen LogP contribution in [0.2, 0.25) is 0 Å². The maximum atomic E-state index is 5.80. The van der Waals surface area contributed by atoms with Crippen molar-refractivity contribution in [1.82, 2.24) is 15.0 Å². The quantitative estimate of drug-likeness (QED) is 0.675. The molecule has 1 fully saturated rings. The molecule has 1 saturated carbocycles. The molecular formula is C14H25N5O2. The van der Waals surface area contributed by atoms with E-state index in [0.29, 0.717) is 43.8 Å². The smallest absolute Gasteiger partial charge is 0.323 e. The Morgan fingerprint density at radius 1 is 1.05 bits per heavy atom. The van der Waals surface area contributed by atoms with Crippen molar-refractivity contribution in [2.24, 2.45) is 0 Å². The van der Waals surface area contributed by atoms with E-state index in [9.17, 15) is 0 Å². The largest absolute Gasteiger partial charge is 0.464 e. The summed E-state index contributed by atoms with van der Waals surface area (Å²) in [7, 11) is 0. The monoisotopic (exact) mass is 295 g/mol. The molecule has 1 heterocycles. The fourth-order valence-electron chi connectivity index (χ4n) is 2.31. The number of nitrogens with one attached hydrogen (secondary N) is 2. The summed E-state index contributed by atoms with van der Waals surface area (Å²) in [6.07, 6.45) is 5.38. The first-order chi connectivity index (χ1) is 10.3. The summed E-state index contributed by atoms with van der Waals surface area (Å²) in [5, 5.41) is 6.23. The topological polar surface area (TPSA) is 81.2 Å². The molecule has 1 aromatic rings. The van der Waals surface area contributed by atoms with Crippen LogP contribution < -0.4 is 15.4 Å². The fourth-order valence-corrected chi connectivity index (χ4v) is 2.31. The van der Waals surface area contributed by atoms with Gasteiger partial charge in [-0.25, -0.2) is 0 Å². The highest BCUT2D eigenvalue weighted by Crippen LogP contribution is 2.20. The van der Waals surface area contributed by atoms with Crippen LogP contribution in [0.4, 0.5) is 11.9 Å². The number of aromatic nitrogens is 3. The van der Waals surface area contributed by atoms with Gasteiger partial charge in [-0.15, -0.1) is 0 Å². The van der Waals surface area contributed by atoms with Gasteiger partial charge in [-0.3, -0.25) is 0 Å². The minimum atomic E-state index is 0.336. The molecule has 0 bridgehead atoms. The van der Waals surface area contributed by atoms with Crippen molar-refractivity contribution >= 4 is 11.9 Å². The van der Waals surface area contributed by atoms with Crippen molar-refractivity contribution in [3.63, 3.8) is 0 Å². The molecule has 21 heavy (non-hydrogen) atoms. The molecule has 1 aliphatic carbocycles. The Morgan fingerprint density at radius 2 is 1.76 bits per heavy atom. The van der Waals surface area contributed by atoms with Crippen LogP contribution in [0.15, 0.2) is 0 Å². The Kier molecular flexibility index (Phi) is 6.46. The van der Waals surface area contributed by atoms with Crippen molar-refractivity contribution in [2.75, 3.05) is 36.9 Å². The number of hydrogen-bond donors (Lipinski definition) is 2. The maximum Gasteiger partial charge on any atom is 0.323 e. The number of rotatable bonds is 9. The molecule has 0 saturated heterocycles. The van der Waals surface area contributed by atoms with Crippen LogP contribution in [-0.4, -0.2) is 47.4 Å². The molecule has 0 radical (unpaired) electrons. The highest BCUT2D eigenvalue weighted by atomic mass is 16.5. The van der Waals surface area contributed by atoms with Gasteiger partial charge in [0.1, 0.15) is 0 Å². The number of nitrogens with zero attached hydrogens (tertiary/aromatic N) is 3. The molecule has 118 valence electrons. The van der Waals surface area contributed by atoms with Crippen molar-refractivity contribution < 1.29 is 9.47 Å². The zero-order valence-corrected chi connectivity index (χ0v) is 12.9. The third-order valence-corrected chi connectivity index (χ3v) is 3.26. The van der Waals surface area contributed by atoms with E-state index in [1.54, 1.807) is 0 Å². The van der Waals surface area contributed by atoms with Crippen molar-refractivity contribution in [1.29, 1.82) is 0 Å². The Bertz CT molecular complexity index is 400. The van der Waals surface area contributed by atoms with Crippen molar-refractivity contribution in [3.8, 4) is 6.01 Å². The maximum absolute atomic E-state index is 5.80. The Morgan fingerprint density at radius 3 is 2.43 bits per heavy atom. The van der Waals surface area contributed by atoms with Crippen LogP contribution in [-0.2, 0) is 4.74 Å². The zero-order chi connectivity index (χ0) is 14.9. The molecule has 0 aliphatic heterocycles. The van der Waals surface area contributed by atoms with Gasteiger partial charge in [0.2, 0.25) is 11.9 Å². The van der Waals surface area contributed by atoms with E-state index in [0.717, 1.165) is 6.54 Å². The van der Waals surface area contributed by atoms with Gasteiger partial charge >= 0.3 is 6.01 Å². The standard InChI is InChI=1S/C14H25N5O2/c1-3-15-12-17-13(19-14(18-12)20-4-2)16-9-10-21-11-7-5-6-8-11/h11H,3-10H2,1-2H3,(H2,15,16,17,18,19).